The van der Waals surface area contributed by atoms with Crippen LogP contribution in [0.15, 0.2) is 12.2 Å². The molecule has 0 aliphatic heterocycles. The largest absolute Gasteiger partial charge is 0.369 e. The number of nitrogens with two attached hydrogens (primary N) is 1. The van der Waals surface area contributed by atoms with Gasteiger partial charge in [-0.15, -0.1) is 0 Å². The van der Waals surface area contributed by atoms with E-state index in [-0.39, 0.29) is 11.0 Å². The fourth-order valence-electron chi connectivity index (χ4n) is 0.739. The van der Waals surface area contributed by atoms with Crippen LogP contribution in [0.4, 0.5) is 0 Å². The second kappa shape index (κ2) is 5.07. The van der Waals surface area contributed by atoms with Gasteiger partial charge in [-0.25, -0.2) is 0 Å². The van der Waals surface area contributed by atoms with Crippen LogP contribution in [0.3, 0.4) is 0 Å². The van der Waals surface area contributed by atoms with Crippen LogP contribution in [-0.2, 0) is 9.59 Å². The average Bonchev–Trinajstić information content (AvgIpc) is 1.97. The molecule has 0 bridgehead atoms. The first kappa shape index (κ1) is 12.2. The van der Waals surface area contributed by atoms with Crippen molar-refractivity contribution >= 4 is 22.8 Å². The smallest absolute Gasteiger partial charge is 0.231 e. The Hall–Kier alpha value is -0.770. The highest BCUT2D eigenvalue weighted by Gasteiger charge is 2.23. The van der Waals surface area contributed by atoms with Crippen LogP contribution >= 0.6 is 11.8 Å². The zero-order valence-electron chi connectivity index (χ0n) is 8.16. The predicted molar refractivity (Wildman–Crippen MR) is 55.2 cm³/mol. The molecule has 1 unspecified atom stereocenters. The van der Waals surface area contributed by atoms with Gasteiger partial charge in [-0.1, -0.05) is 32.2 Å². The van der Waals surface area contributed by atoms with Crippen LogP contribution in [0.1, 0.15) is 20.8 Å². The molecule has 0 aliphatic rings. The Kier molecular flexibility index (Phi) is 4.77. The number of hydrogen-bond donors (Lipinski definition) is 1. The molecule has 2 N–H and O–H groups in total. The highest BCUT2D eigenvalue weighted by Crippen LogP contribution is 2.22. The van der Waals surface area contributed by atoms with Gasteiger partial charge in [-0.2, -0.15) is 0 Å². The normalized spacial score (nSPS) is 12.6. The third-order valence-corrected chi connectivity index (χ3v) is 3.06. The summed E-state index contributed by atoms with van der Waals surface area (Å²) < 4.78 is 0. The number of amides is 1. The molecule has 0 aromatic heterocycles. The Labute approximate surface area is 82.8 Å². The molecule has 4 heteroatoms. The molecule has 0 aliphatic carbocycles. The van der Waals surface area contributed by atoms with Gasteiger partial charge < -0.3 is 5.73 Å². The molecule has 3 nitrogen and oxygen atoms in total. The standard InChI is InChI=1S/C9H15NO2S/c1-5(2)7(8(10)11)13-9(12)6(3)4/h5,7H,3H2,1-2,4H3,(H2,10,11). The number of carbonyl (C=O) groups is 2. The van der Waals surface area contributed by atoms with Crippen LogP contribution in [0.25, 0.3) is 0 Å². The van der Waals surface area contributed by atoms with E-state index in [4.69, 9.17) is 5.73 Å². The highest BCUT2D eigenvalue weighted by molar-refractivity contribution is 8.15. The lowest BCUT2D eigenvalue weighted by atomic mass is 10.1. The van der Waals surface area contributed by atoms with Crippen molar-refractivity contribution in [3.63, 3.8) is 0 Å². The minimum Gasteiger partial charge on any atom is -0.369 e. The zero-order valence-corrected chi connectivity index (χ0v) is 8.98. The molecule has 0 fully saturated rings. The molecule has 13 heavy (non-hydrogen) atoms. The molecule has 1 atom stereocenters. The van der Waals surface area contributed by atoms with Crippen molar-refractivity contribution in [3.8, 4) is 0 Å². The van der Waals surface area contributed by atoms with E-state index < -0.39 is 11.2 Å². The third kappa shape index (κ3) is 4.12. The van der Waals surface area contributed by atoms with Crippen molar-refractivity contribution in [1.82, 2.24) is 0 Å². The molecule has 0 heterocycles. The molecule has 0 radical (unpaired) electrons. The molecule has 74 valence electrons. The molecular formula is C9H15NO2S. The monoisotopic (exact) mass is 201 g/mol. The van der Waals surface area contributed by atoms with Crippen molar-refractivity contribution in [1.29, 1.82) is 0 Å². The minimum absolute atomic E-state index is 0.0609. The lowest BCUT2D eigenvalue weighted by molar-refractivity contribution is -0.118. The van der Waals surface area contributed by atoms with Crippen molar-refractivity contribution < 1.29 is 9.59 Å². The topological polar surface area (TPSA) is 60.2 Å². The quantitative estimate of drug-likeness (QED) is 0.698. The molecule has 0 saturated heterocycles. The minimum atomic E-state index is -0.454. The van der Waals surface area contributed by atoms with Gasteiger partial charge in [0.1, 0.15) is 0 Å². The summed E-state index contributed by atoms with van der Waals surface area (Å²) >= 11 is 0.956. The average molecular weight is 201 g/mol. The fourth-order valence-corrected chi connectivity index (χ4v) is 1.56. The zero-order chi connectivity index (χ0) is 10.6. The van der Waals surface area contributed by atoms with Crippen LogP contribution in [-0.4, -0.2) is 16.3 Å². The van der Waals surface area contributed by atoms with Crippen LogP contribution < -0.4 is 5.73 Å². The van der Waals surface area contributed by atoms with Gasteiger partial charge in [-0.05, 0) is 18.4 Å². The second-order valence-electron chi connectivity index (χ2n) is 3.25. The summed E-state index contributed by atoms with van der Waals surface area (Å²) in [5.41, 5.74) is 5.59. The summed E-state index contributed by atoms with van der Waals surface area (Å²) in [5, 5.41) is -0.623. The van der Waals surface area contributed by atoms with Gasteiger partial charge in [0, 0.05) is 0 Å². The SMILES string of the molecule is C=C(C)C(=O)SC(C(N)=O)C(C)C. The van der Waals surface area contributed by atoms with Gasteiger partial charge in [0.05, 0.1) is 5.25 Å². The summed E-state index contributed by atoms with van der Waals surface area (Å²) in [6.07, 6.45) is 0. The summed E-state index contributed by atoms with van der Waals surface area (Å²) in [5.74, 6) is -0.389. The lowest BCUT2D eigenvalue weighted by Crippen LogP contribution is -2.31. The maximum Gasteiger partial charge on any atom is 0.231 e. The summed E-state index contributed by atoms with van der Waals surface area (Å²) in [7, 11) is 0. The first-order valence-corrected chi connectivity index (χ1v) is 4.90. The number of carbonyl (C=O) groups excluding carboxylic acids is 2. The van der Waals surface area contributed by atoms with Gasteiger partial charge >= 0.3 is 0 Å². The predicted octanol–water partition coefficient (Wildman–Crippen LogP) is 1.33. The van der Waals surface area contributed by atoms with Crippen molar-refractivity contribution in [2.75, 3.05) is 0 Å². The van der Waals surface area contributed by atoms with Crippen molar-refractivity contribution in [2.24, 2.45) is 11.7 Å². The number of primary amides is 1. The Bertz CT molecular complexity index is 236. The van der Waals surface area contributed by atoms with Crippen LogP contribution in [0.2, 0.25) is 0 Å². The van der Waals surface area contributed by atoms with E-state index in [0.29, 0.717) is 5.57 Å². The molecule has 0 aromatic rings. The number of hydrogen-bond acceptors (Lipinski definition) is 3. The highest BCUT2D eigenvalue weighted by atomic mass is 32.2. The van der Waals surface area contributed by atoms with E-state index in [1.54, 1.807) is 6.92 Å². The first-order chi connectivity index (χ1) is 5.86. The summed E-state index contributed by atoms with van der Waals surface area (Å²) in [6.45, 7) is 8.83. The van der Waals surface area contributed by atoms with E-state index in [2.05, 4.69) is 6.58 Å². The van der Waals surface area contributed by atoms with E-state index in [9.17, 15) is 9.59 Å². The molecular weight excluding hydrogens is 186 g/mol. The molecule has 1 amide bonds. The number of rotatable bonds is 4. The van der Waals surface area contributed by atoms with Gasteiger partial charge in [0.15, 0.2) is 0 Å². The first-order valence-electron chi connectivity index (χ1n) is 4.02. The van der Waals surface area contributed by atoms with Gasteiger partial charge in [0.25, 0.3) is 0 Å². The Morgan fingerprint density at radius 1 is 1.38 bits per heavy atom. The maximum absolute atomic E-state index is 11.2. The Morgan fingerprint density at radius 3 is 2.08 bits per heavy atom. The van der Waals surface area contributed by atoms with E-state index in [1.807, 2.05) is 13.8 Å². The van der Waals surface area contributed by atoms with Gasteiger partial charge in [-0.3, -0.25) is 9.59 Å². The maximum atomic E-state index is 11.2. The van der Waals surface area contributed by atoms with Crippen LogP contribution in [0, 0.1) is 5.92 Å². The Morgan fingerprint density at radius 2 is 1.85 bits per heavy atom. The fraction of sp³-hybridized carbons (Fsp3) is 0.556. The third-order valence-electron chi connectivity index (χ3n) is 1.47. The van der Waals surface area contributed by atoms with Crippen LogP contribution in [0.5, 0.6) is 0 Å². The molecule has 0 rings (SSSR count). The Balaban J connectivity index is 4.36. The van der Waals surface area contributed by atoms with Gasteiger partial charge in [0.2, 0.25) is 11.0 Å². The summed E-state index contributed by atoms with van der Waals surface area (Å²) in [6, 6.07) is 0. The molecule has 0 saturated carbocycles. The lowest BCUT2D eigenvalue weighted by Gasteiger charge is -2.15. The van der Waals surface area contributed by atoms with Crippen molar-refractivity contribution in [2.45, 2.75) is 26.0 Å². The summed E-state index contributed by atoms with van der Waals surface area (Å²) in [4.78, 5) is 22.1. The van der Waals surface area contributed by atoms with E-state index in [1.165, 1.54) is 0 Å². The van der Waals surface area contributed by atoms with E-state index >= 15 is 0 Å². The molecule has 0 spiro atoms. The van der Waals surface area contributed by atoms with Crippen molar-refractivity contribution in [3.05, 3.63) is 12.2 Å². The second-order valence-corrected chi connectivity index (χ2v) is 4.37. The number of thioether (sulfide) groups is 1. The molecule has 0 aromatic carbocycles. The van der Waals surface area contributed by atoms with E-state index in [0.717, 1.165) is 11.8 Å².